The normalized spacial score (nSPS) is 10.4. The molecule has 1 heterocycles. The molecule has 0 bridgehead atoms. The minimum atomic E-state index is -0.714. The highest BCUT2D eigenvalue weighted by Crippen LogP contribution is 2.21. The van der Waals surface area contributed by atoms with Crippen LogP contribution in [0.15, 0.2) is 24.3 Å². The Hall–Kier alpha value is -3.43. The molecular weight excluding hydrogens is 354 g/mol. The Labute approximate surface area is 155 Å². The Morgan fingerprint density at radius 3 is 2.41 bits per heavy atom. The number of hydrogen-bond acceptors (Lipinski definition) is 7. The maximum Gasteiger partial charge on any atom is 0.328 e. The highest BCUT2D eigenvalue weighted by molar-refractivity contribution is 5.92. The van der Waals surface area contributed by atoms with Crippen LogP contribution in [0.2, 0.25) is 0 Å². The number of rotatable bonds is 7. The van der Waals surface area contributed by atoms with Gasteiger partial charge in [0.15, 0.2) is 6.61 Å². The van der Waals surface area contributed by atoms with E-state index in [9.17, 15) is 19.7 Å². The van der Waals surface area contributed by atoms with Crippen LogP contribution >= 0.6 is 0 Å². The minimum Gasteiger partial charge on any atom is -0.454 e. The van der Waals surface area contributed by atoms with Gasteiger partial charge in [-0.05, 0) is 38.1 Å². The molecule has 0 fully saturated rings. The lowest BCUT2D eigenvalue weighted by molar-refractivity contribution is -0.386. The first-order chi connectivity index (χ1) is 12.7. The number of anilines is 2. The maximum absolute atomic E-state index is 11.9. The number of aryl methyl sites for hydroxylation is 1. The van der Waals surface area contributed by atoms with Crippen LogP contribution in [0.4, 0.5) is 17.1 Å². The summed E-state index contributed by atoms with van der Waals surface area (Å²) in [5, 5.41) is 17.5. The number of carbonyl (C=O) groups is 2. The van der Waals surface area contributed by atoms with Gasteiger partial charge in [0, 0.05) is 25.5 Å². The van der Waals surface area contributed by atoms with E-state index in [1.165, 1.54) is 18.5 Å². The molecular formula is C17H21N5O5. The third kappa shape index (κ3) is 5.03. The van der Waals surface area contributed by atoms with E-state index in [0.29, 0.717) is 5.69 Å². The summed E-state index contributed by atoms with van der Waals surface area (Å²) >= 11 is 0. The molecule has 10 heteroatoms. The Morgan fingerprint density at radius 2 is 1.89 bits per heavy atom. The number of carbonyl (C=O) groups excluding carboxylic acids is 2. The second kappa shape index (κ2) is 8.30. The van der Waals surface area contributed by atoms with Gasteiger partial charge >= 0.3 is 11.7 Å². The summed E-state index contributed by atoms with van der Waals surface area (Å²) in [6.07, 6.45) is 0. The van der Waals surface area contributed by atoms with Gasteiger partial charge in [0.25, 0.3) is 5.91 Å². The van der Waals surface area contributed by atoms with E-state index in [0.717, 1.165) is 5.69 Å². The van der Waals surface area contributed by atoms with Crippen LogP contribution in [0.5, 0.6) is 0 Å². The summed E-state index contributed by atoms with van der Waals surface area (Å²) in [6.45, 7) is 2.21. The van der Waals surface area contributed by atoms with E-state index in [4.69, 9.17) is 4.74 Å². The van der Waals surface area contributed by atoms with Crippen LogP contribution in [0.1, 0.15) is 11.4 Å². The van der Waals surface area contributed by atoms with E-state index in [-0.39, 0.29) is 23.6 Å². The molecule has 1 N–H and O–H groups in total. The number of hydrogen-bond donors (Lipinski definition) is 1. The van der Waals surface area contributed by atoms with Gasteiger partial charge in [-0.15, -0.1) is 0 Å². The van der Waals surface area contributed by atoms with Crippen molar-refractivity contribution in [1.82, 2.24) is 9.78 Å². The predicted octanol–water partition coefficient (Wildman–Crippen LogP) is 1.66. The third-order valence-electron chi connectivity index (χ3n) is 3.84. The molecule has 0 unspecified atom stereocenters. The molecule has 0 spiro atoms. The first-order valence-corrected chi connectivity index (χ1v) is 8.10. The van der Waals surface area contributed by atoms with Crippen LogP contribution in [-0.4, -0.2) is 47.3 Å². The number of esters is 1. The van der Waals surface area contributed by atoms with Crippen LogP contribution in [-0.2, 0) is 20.9 Å². The monoisotopic (exact) mass is 375 g/mol. The fourth-order valence-corrected chi connectivity index (χ4v) is 2.46. The molecule has 0 atom stereocenters. The molecule has 27 heavy (non-hydrogen) atoms. The maximum atomic E-state index is 11.9. The highest BCUT2D eigenvalue weighted by atomic mass is 16.6. The van der Waals surface area contributed by atoms with Crippen molar-refractivity contribution in [3.63, 3.8) is 0 Å². The molecule has 144 valence electrons. The molecule has 0 saturated carbocycles. The summed E-state index contributed by atoms with van der Waals surface area (Å²) in [4.78, 5) is 36.1. The topological polar surface area (TPSA) is 120 Å². The Balaban J connectivity index is 1.87. The van der Waals surface area contributed by atoms with Crippen molar-refractivity contribution >= 4 is 28.9 Å². The van der Waals surface area contributed by atoms with Crippen LogP contribution in [0.25, 0.3) is 0 Å². The Bertz CT molecular complexity index is 857. The van der Waals surface area contributed by atoms with Crippen LogP contribution < -0.4 is 10.2 Å². The molecule has 0 aliphatic carbocycles. The van der Waals surface area contributed by atoms with Gasteiger partial charge < -0.3 is 15.0 Å². The standard InChI is InChI=1S/C17H21N5O5/c1-11-17(22(25)26)12(2)21(19-11)9-16(24)27-10-15(23)18-13-5-7-14(8-6-13)20(3)4/h5-8H,9-10H2,1-4H3,(H,18,23). The summed E-state index contributed by atoms with van der Waals surface area (Å²) in [5.74, 6) is -1.20. The summed E-state index contributed by atoms with van der Waals surface area (Å²) in [7, 11) is 3.81. The molecule has 1 amide bonds. The Kier molecular flexibility index (Phi) is 6.11. The molecule has 2 aromatic rings. The SMILES string of the molecule is Cc1nn(CC(=O)OCC(=O)Nc2ccc(N(C)C)cc2)c(C)c1[N+](=O)[O-]. The average molecular weight is 375 g/mol. The van der Waals surface area contributed by atoms with E-state index in [1.54, 1.807) is 12.1 Å². The largest absolute Gasteiger partial charge is 0.454 e. The lowest BCUT2D eigenvalue weighted by Crippen LogP contribution is -2.23. The lowest BCUT2D eigenvalue weighted by atomic mass is 10.2. The van der Waals surface area contributed by atoms with Crippen molar-refractivity contribution in [2.24, 2.45) is 0 Å². The van der Waals surface area contributed by atoms with E-state index >= 15 is 0 Å². The number of ether oxygens (including phenoxy) is 1. The average Bonchev–Trinajstić information content (AvgIpc) is 2.87. The van der Waals surface area contributed by atoms with Gasteiger partial charge in [0.1, 0.15) is 17.9 Å². The molecule has 0 radical (unpaired) electrons. The molecule has 10 nitrogen and oxygen atoms in total. The van der Waals surface area contributed by atoms with Gasteiger partial charge in [0.2, 0.25) is 0 Å². The third-order valence-corrected chi connectivity index (χ3v) is 3.84. The van der Waals surface area contributed by atoms with Crippen molar-refractivity contribution in [3.8, 4) is 0 Å². The minimum absolute atomic E-state index is 0.137. The van der Waals surface area contributed by atoms with E-state index in [1.807, 2.05) is 31.1 Å². The van der Waals surface area contributed by atoms with Crippen LogP contribution in [0.3, 0.4) is 0 Å². The zero-order valence-electron chi connectivity index (χ0n) is 15.6. The zero-order valence-corrected chi connectivity index (χ0v) is 15.6. The van der Waals surface area contributed by atoms with Gasteiger partial charge in [-0.25, -0.2) is 0 Å². The van der Waals surface area contributed by atoms with Crippen molar-refractivity contribution < 1.29 is 19.2 Å². The fraction of sp³-hybridized carbons (Fsp3) is 0.353. The number of nitrogens with zero attached hydrogens (tertiary/aromatic N) is 4. The summed E-state index contributed by atoms with van der Waals surface area (Å²) in [6, 6.07) is 7.17. The van der Waals surface area contributed by atoms with Crippen molar-refractivity contribution in [2.75, 3.05) is 30.9 Å². The van der Waals surface area contributed by atoms with Crippen molar-refractivity contribution in [3.05, 3.63) is 45.8 Å². The molecule has 1 aromatic heterocycles. The van der Waals surface area contributed by atoms with Crippen LogP contribution in [0, 0.1) is 24.0 Å². The number of nitrogens with one attached hydrogen (secondary N) is 1. The number of benzene rings is 1. The predicted molar refractivity (Wildman–Crippen MR) is 98.7 cm³/mol. The summed E-state index contributed by atoms with van der Waals surface area (Å²) in [5.41, 5.74) is 1.89. The molecule has 1 aromatic carbocycles. The molecule has 0 saturated heterocycles. The second-order valence-corrected chi connectivity index (χ2v) is 6.08. The lowest BCUT2D eigenvalue weighted by Gasteiger charge is -2.13. The molecule has 0 aliphatic heterocycles. The molecule has 2 rings (SSSR count). The van der Waals surface area contributed by atoms with E-state index in [2.05, 4.69) is 10.4 Å². The van der Waals surface area contributed by atoms with Gasteiger partial charge in [-0.3, -0.25) is 24.4 Å². The Morgan fingerprint density at radius 1 is 1.26 bits per heavy atom. The number of aromatic nitrogens is 2. The van der Waals surface area contributed by atoms with Gasteiger partial charge in [0.05, 0.1) is 4.92 Å². The first-order valence-electron chi connectivity index (χ1n) is 8.10. The summed E-state index contributed by atoms with van der Waals surface area (Å²) < 4.78 is 6.10. The van der Waals surface area contributed by atoms with Gasteiger partial charge in [-0.1, -0.05) is 0 Å². The van der Waals surface area contributed by atoms with Gasteiger partial charge in [-0.2, -0.15) is 5.10 Å². The van der Waals surface area contributed by atoms with Crippen molar-refractivity contribution in [2.45, 2.75) is 20.4 Å². The number of amides is 1. The first kappa shape index (κ1) is 19.9. The number of nitro groups is 1. The fourth-order valence-electron chi connectivity index (χ4n) is 2.46. The molecule has 0 aliphatic rings. The quantitative estimate of drug-likeness (QED) is 0.444. The second-order valence-electron chi connectivity index (χ2n) is 6.08. The zero-order chi connectivity index (χ0) is 20.1. The smallest absolute Gasteiger partial charge is 0.328 e. The van der Waals surface area contributed by atoms with E-state index < -0.39 is 23.4 Å². The van der Waals surface area contributed by atoms with Crippen molar-refractivity contribution in [1.29, 1.82) is 0 Å². The highest BCUT2D eigenvalue weighted by Gasteiger charge is 2.23.